The maximum absolute atomic E-state index is 5.49. The number of rotatable bonds is 4. The molecule has 0 unspecified atom stereocenters. The van der Waals surface area contributed by atoms with Crippen LogP contribution in [0.25, 0.3) is 0 Å². The van der Waals surface area contributed by atoms with Crippen LogP contribution in [0.5, 0.6) is 0 Å². The van der Waals surface area contributed by atoms with Crippen LogP contribution in [0.1, 0.15) is 39.5 Å². The molecule has 1 heteroatoms. The second-order valence-corrected chi connectivity index (χ2v) is 4.41. The molecule has 1 rings (SSSR count). The average Bonchev–Trinajstić information content (AvgIpc) is 1.82. The Labute approximate surface area is 70.4 Å². The van der Waals surface area contributed by atoms with E-state index < -0.39 is 0 Å². The van der Waals surface area contributed by atoms with Crippen LogP contribution in [-0.2, 0) is 0 Å². The molecule has 0 spiro atoms. The SMILES string of the molecule is CC(C)CC1CC(CCN)C1. The standard InChI is InChI=1S/C10H21N/c1-8(2)5-10-6-9(7-10)3-4-11/h8-10H,3-7,11H2,1-2H3. The van der Waals surface area contributed by atoms with Crippen LogP contribution in [0, 0.1) is 17.8 Å². The van der Waals surface area contributed by atoms with E-state index in [4.69, 9.17) is 5.73 Å². The highest BCUT2D eigenvalue weighted by Gasteiger charge is 2.28. The van der Waals surface area contributed by atoms with Crippen molar-refractivity contribution in [2.75, 3.05) is 6.54 Å². The van der Waals surface area contributed by atoms with E-state index in [0.29, 0.717) is 0 Å². The van der Waals surface area contributed by atoms with Crippen molar-refractivity contribution in [1.29, 1.82) is 0 Å². The molecule has 0 amide bonds. The molecule has 1 aliphatic rings. The van der Waals surface area contributed by atoms with Crippen LogP contribution in [-0.4, -0.2) is 6.54 Å². The molecule has 0 bridgehead atoms. The van der Waals surface area contributed by atoms with Crippen LogP contribution < -0.4 is 5.73 Å². The Hall–Kier alpha value is -0.0400. The third-order valence-electron chi connectivity index (χ3n) is 2.71. The molecule has 1 saturated carbocycles. The average molecular weight is 155 g/mol. The van der Waals surface area contributed by atoms with Gasteiger partial charge < -0.3 is 5.73 Å². The van der Waals surface area contributed by atoms with E-state index in [1.165, 1.54) is 25.7 Å². The van der Waals surface area contributed by atoms with Crippen LogP contribution >= 0.6 is 0 Å². The molecular weight excluding hydrogens is 134 g/mol. The molecule has 66 valence electrons. The normalized spacial score (nSPS) is 30.5. The molecular formula is C10H21N. The lowest BCUT2D eigenvalue weighted by atomic mass is 9.70. The first-order chi connectivity index (χ1) is 5.22. The van der Waals surface area contributed by atoms with Gasteiger partial charge in [0.2, 0.25) is 0 Å². The van der Waals surface area contributed by atoms with Gasteiger partial charge in [0.1, 0.15) is 0 Å². The predicted molar refractivity (Wildman–Crippen MR) is 49.3 cm³/mol. The van der Waals surface area contributed by atoms with Gasteiger partial charge in [0.05, 0.1) is 0 Å². The van der Waals surface area contributed by atoms with Crippen LogP contribution in [0.4, 0.5) is 0 Å². The summed E-state index contributed by atoms with van der Waals surface area (Å²) < 4.78 is 0. The van der Waals surface area contributed by atoms with E-state index in [-0.39, 0.29) is 0 Å². The molecule has 0 aromatic heterocycles. The largest absolute Gasteiger partial charge is 0.330 e. The Kier molecular flexibility index (Phi) is 3.38. The van der Waals surface area contributed by atoms with Gasteiger partial charge in [-0.15, -0.1) is 0 Å². The Morgan fingerprint density at radius 3 is 2.36 bits per heavy atom. The van der Waals surface area contributed by atoms with Crippen molar-refractivity contribution in [1.82, 2.24) is 0 Å². The first kappa shape index (κ1) is 9.05. The van der Waals surface area contributed by atoms with Crippen LogP contribution in [0.3, 0.4) is 0 Å². The van der Waals surface area contributed by atoms with Crippen LogP contribution in [0.15, 0.2) is 0 Å². The van der Waals surface area contributed by atoms with Gasteiger partial charge in [-0.25, -0.2) is 0 Å². The summed E-state index contributed by atoms with van der Waals surface area (Å²) in [4.78, 5) is 0. The fraction of sp³-hybridized carbons (Fsp3) is 1.00. The van der Waals surface area contributed by atoms with E-state index in [1.54, 1.807) is 0 Å². The minimum absolute atomic E-state index is 0.888. The van der Waals surface area contributed by atoms with Gasteiger partial charge in [0.15, 0.2) is 0 Å². The summed E-state index contributed by atoms with van der Waals surface area (Å²) in [6, 6.07) is 0. The molecule has 2 N–H and O–H groups in total. The van der Waals surface area contributed by atoms with E-state index in [2.05, 4.69) is 13.8 Å². The Bertz CT molecular complexity index is 103. The highest BCUT2D eigenvalue weighted by atomic mass is 14.5. The van der Waals surface area contributed by atoms with E-state index in [0.717, 1.165) is 24.3 Å². The number of nitrogens with two attached hydrogens (primary N) is 1. The highest BCUT2D eigenvalue weighted by molar-refractivity contribution is 4.80. The van der Waals surface area contributed by atoms with Crippen molar-refractivity contribution in [2.45, 2.75) is 39.5 Å². The molecule has 0 aromatic carbocycles. The smallest absolute Gasteiger partial charge is 0.00746 e. The molecule has 1 nitrogen and oxygen atoms in total. The Morgan fingerprint density at radius 2 is 1.91 bits per heavy atom. The van der Waals surface area contributed by atoms with Gasteiger partial charge in [-0.05, 0) is 50.0 Å². The summed E-state index contributed by atoms with van der Waals surface area (Å²) in [6.45, 7) is 5.52. The summed E-state index contributed by atoms with van der Waals surface area (Å²) in [6.07, 6.45) is 5.60. The highest BCUT2D eigenvalue weighted by Crippen LogP contribution is 2.39. The predicted octanol–water partition coefficient (Wildman–Crippen LogP) is 2.41. The molecule has 0 aliphatic heterocycles. The van der Waals surface area contributed by atoms with Crippen LogP contribution in [0.2, 0.25) is 0 Å². The molecule has 0 heterocycles. The maximum atomic E-state index is 5.49. The summed E-state index contributed by atoms with van der Waals surface area (Å²) in [5.74, 6) is 2.90. The van der Waals surface area contributed by atoms with Crippen molar-refractivity contribution >= 4 is 0 Å². The van der Waals surface area contributed by atoms with Gasteiger partial charge in [-0.2, -0.15) is 0 Å². The molecule has 0 radical (unpaired) electrons. The minimum atomic E-state index is 0.888. The molecule has 1 fully saturated rings. The number of hydrogen-bond acceptors (Lipinski definition) is 1. The van der Waals surface area contributed by atoms with Gasteiger partial charge in [-0.1, -0.05) is 13.8 Å². The van der Waals surface area contributed by atoms with Crippen molar-refractivity contribution < 1.29 is 0 Å². The molecule has 1 aliphatic carbocycles. The zero-order chi connectivity index (χ0) is 8.27. The second kappa shape index (κ2) is 4.10. The summed E-state index contributed by atoms with van der Waals surface area (Å²) in [5.41, 5.74) is 5.49. The first-order valence-corrected chi connectivity index (χ1v) is 4.92. The molecule has 11 heavy (non-hydrogen) atoms. The zero-order valence-electron chi connectivity index (χ0n) is 7.84. The fourth-order valence-electron chi connectivity index (χ4n) is 2.20. The zero-order valence-corrected chi connectivity index (χ0v) is 7.84. The van der Waals surface area contributed by atoms with Crippen molar-refractivity contribution in [3.8, 4) is 0 Å². The topological polar surface area (TPSA) is 26.0 Å². The summed E-state index contributed by atoms with van der Waals surface area (Å²) in [7, 11) is 0. The second-order valence-electron chi connectivity index (χ2n) is 4.41. The van der Waals surface area contributed by atoms with Crippen molar-refractivity contribution in [2.24, 2.45) is 23.5 Å². The van der Waals surface area contributed by atoms with E-state index in [1.807, 2.05) is 0 Å². The lowest BCUT2D eigenvalue weighted by Gasteiger charge is -2.36. The third kappa shape index (κ3) is 2.82. The minimum Gasteiger partial charge on any atom is -0.330 e. The fourth-order valence-corrected chi connectivity index (χ4v) is 2.20. The van der Waals surface area contributed by atoms with Gasteiger partial charge in [0.25, 0.3) is 0 Å². The number of hydrogen-bond donors (Lipinski definition) is 1. The molecule has 0 aromatic rings. The van der Waals surface area contributed by atoms with Crippen molar-refractivity contribution in [3.05, 3.63) is 0 Å². The Balaban J connectivity index is 2.00. The maximum Gasteiger partial charge on any atom is -0.00746 e. The Morgan fingerprint density at radius 1 is 1.27 bits per heavy atom. The van der Waals surface area contributed by atoms with E-state index >= 15 is 0 Å². The third-order valence-corrected chi connectivity index (χ3v) is 2.71. The van der Waals surface area contributed by atoms with Gasteiger partial charge in [-0.3, -0.25) is 0 Å². The molecule has 0 saturated heterocycles. The van der Waals surface area contributed by atoms with Gasteiger partial charge >= 0.3 is 0 Å². The quantitative estimate of drug-likeness (QED) is 0.663. The lowest BCUT2D eigenvalue weighted by molar-refractivity contribution is 0.158. The summed E-state index contributed by atoms with van der Waals surface area (Å²) >= 11 is 0. The molecule has 0 atom stereocenters. The van der Waals surface area contributed by atoms with Crippen molar-refractivity contribution in [3.63, 3.8) is 0 Å². The summed E-state index contributed by atoms with van der Waals surface area (Å²) in [5, 5.41) is 0. The lowest BCUT2D eigenvalue weighted by Crippen LogP contribution is -2.26. The van der Waals surface area contributed by atoms with Gasteiger partial charge in [0, 0.05) is 0 Å². The van der Waals surface area contributed by atoms with E-state index in [9.17, 15) is 0 Å². The monoisotopic (exact) mass is 155 g/mol. The first-order valence-electron chi connectivity index (χ1n) is 4.92.